The van der Waals surface area contributed by atoms with E-state index in [1.807, 2.05) is 0 Å². The van der Waals surface area contributed by atoms with E-state index >= 15 is 0 Å². The Labute approximate surface area is 94.0 Å². The number of carboxylic acids is 1. The van der Waals surface area contributed by atoms with Gasteiger partial charge in [-0.05, 0) is 19.2 Å². The fraction of sp³-hybridized carbons (Fsp3) is 0.364. The first kappa shape index (κ1) is 12.3. The van der Waals surface area contributed by atoms with Gasteiger partial charge in [0.2, 0.25) is 0 Å². The summed E-state index contributed by atoms with van der Waals surface area (Å²) in [5.41, 5.74) is 0.107. The van der Waals surface area contributed by atoms with E-state index in [9.17, 15) is 4.79 Å². The SMILES string of the molecule is CNCCOc1c(OC)cccc1C(=O)O. The van der Waals surface area contributed by atoms with E-state index in [1.54, 1.807) is 19.2 Å². The van der Waals surface area contributed by atoms with Gasteiger partial charge in [-0.2, -0.15) is 0 Å². The number of benzene rings is 1. The molecule has 0 unspecified atom stereocenters. The molecule has 0 heterocycles. The number of aromatic carboxylic acids is 1. The molecule has 1 aromatic rings. The second-order valence-corrected chi connectivity index (χ2v) is 3.09. The molecule has 0 aliphatic rings. The van der Waals surface area contributed by atoms with E-state index in [4.69, 9.17) is 14.6 Å². The van der Waals surface area contributed by atoms with E-state index in [-0.39, 0.29) is 11.3 Å². The summed E-state index contributed by atoms with van der Waals surface area (Å²) in [5, 5.41) is 11.9. The molecular formula is C11H15NO4. The Balaban J connectivity index is 2.95. The molecule has 0 saturated heterocycles. The number of hydrogen-bond donors (Lipinski definition) is 2. The smallest absolute Gasteiger partial charge is 0.339 e. The van der Waals surface area contributed by atoms with Crippen LogP contribution >= 0.6 is 0 Å². The third-order valence-electron chi connectivity index (χ3n) is 2.03. The monoisotopic (exact) mass is 225 g/mol. The molecule has 0 radical (unpaired) electrons. The number of nitrogens with one attached hydrogen (secondary N) is 1. The van der Waals surface area contributed by atoms with E-state index in [0.29, 0.717) is 18.9 Å². The van der Waals surface area contributed by atoms with Crippen molar-refractivity contribution in [3.05, 3.63) is 23.8 Å². The number of carbonyl (C=O) groups is 1. The first-order chi connectivity index (χ1) is 7.70. The molecule has 0 aromatic heterocycles. The summed E-state index contributed by atoms with van der Waals surface area (Å²) in [6, 6.07) is 4.77. The highest BCUT2D eigenvalue weighted by Gasteiger charge is 2.15. The highest BCUT2D eigenvalue weighted by atomic mass is 16.5. The molecule has 16 heavy (non-hydrogen) atoms. The number of likely N-dealkylation sites (N-methyl/N-ethyl adjacent to an activating group) is 1. The lowest BCUT2D eigenvalue weighted by Crippen LogP contribution is -2.17. The van der Waals surface area contributed by atoms with Crippen molar-refractivity contribution in [2.45, 2.75) is 0 Å². The third-order valence-corrected chi connectivity index (χ3v) is 2.03. The van der Waals surface area contributed by atoms with E-state index in [1.165, 1.54) is 13.2 Å². The zero-order valence-corrected chi connectivity index (χ0v) is 9.32. The van der Waals surface area contributed by atoms with Gasteiger partial charge in [0, 0.05) is 6.54 Å². The van der Waals surface area contributed by atoms with Crippen LogP contribution in [-0.4, -0.2) is 38.4 Å². The summed E-state index contributed by atoms with van der Waals surface area (Å²) in [7, 11) is 3.27. The first-order valence-corrected chi connectivity index (χ1v) is 4.88. The molecule has 0 bridgehead atoms. The van der Waals surface area contributed by atoms with Crippen LogP contribution in [0.5, 0.6) is 11.5 Å². The van der Waals surface area contributed by atoms with E-state index in [0.717, 1.165) is 0 Å². The standard InChI is InChI=1S/C11H15NO4/c1-12-6-7-16-10-8(11(13)14)4-3-5-9(10)15-2/h3-5,12H,6-7H2,1-2H3,(H,13,14). The highest BCUT2D eigenvalue weighted by molar-refractivity contribution is 5.92. The van der Waals surface area contributed by atoms with Gasteiger partial charge in [0.1, 0.15) is 12.2 Å². The average Bonchev–Trinajstić information content (AvgIpc) is 2.29. The average molecular weight is 225 g/mol. The Morgan fingerprint density at radius 1 is 1.50 bits per heavy atom. The molecular weight excluding hydrogens is 210 g/mol. The van der Waals surface area contributed by atoms with Gasteiger partial charge in [-0.15, -0.1) is 0 Å². The van der Waals surface area contributed by atoms with Crippen LogP contribution in [0.3, 0.4) is 0 Å². The topological polar surface area (TPSA) is 67.8 Å². The number of ether oxygens (including phenoxy) is 2. The van der Waals surface area contributed by atoms with Crippen molar-refractivity contribution in [2.24, 2.45) is 0 Å². The van der Waals surface area contributed by atoms with Crippen LogP contribution in [0.25, 0.3) is 0 Å². The van der Waals surface area contributed by atoms with Crippen LogP contribution in [0.2, 0.25) is 0 Å². The molecule has 0 spiro atoms. The van der Waals surface area contributed by atoms with Crippen LogP contribution < -0.4 is 14.8 Å². The van der Waals surface area contributed by atoms with Gasteiger partial charge in [0.15, 0.2) is 11.5 Å². The normalized spacial score (nSPS) is 9.88. The van der Waals surface area contributed by atoms with Crippen LogP contribution in [0.4, 0.5) is 0 Å². The molecule has 0 aliphatic carbocycles. The fourth-order valence-corrected chi connectivity index (χ4v) is 1.25. The minimum absolute atomic E-state index is 0.107. The molecule has 2 N–H and O–H groups in total. The Morgan fingerprint density at radius 3 is 2.81 bits per heavy atom. The van der Waals surface area contributed by atoms with Crippen molar-refractivity contribution < 1.29 is 19.4 Å². The van der Waals surface area contributed by atoms with Crippen LogP contribution in [0.1, 0.15) is 10.4 Å². The number of para-hydroxylation sites is 1. The summed E-state index contributed by atoms with van der Waals surface area (Å²) in [4.78, 5) is 11.0. The molecule has 0 aliphatic heterocycles. The van der Waals surface area contributed by atoms with Gasteiger partial charge in [-0.1, -0.05) is 6.07 Å². The predicted molar refractivity (Wildman–Crippen MR) is 59.4 cm³/mol. The summed E-state index contributed by atoms with van der Waals surface area (Å²) in [6.45, 7) is 1.02. The molecule has 88 valence electrons. The highest BCUT2D eigenvalue weighted by Crippen LogP contribution is 2.30. The largest absolute Gasteiger partial charge is 0.493 e. The Kier molecular flexibility index (Phi) is 4.60. The van der Waals surface area contributed by atoms with Crippen molar-refractivity contribution >= 4 is 5.97 Å². The van der Waals surface area contributed by atoms with Crippen LogP contribution in [0.15, 0.2) is 18.2 Å². The third kappa shape index (κ3) is 2.87. The molecule has 0 saturated carbocycles. The maximum absolute atomic E-state index is 11.0. The number of methoxy groups -OCH3 is 1. The maximum Gasteiger partial charge on any atom is 0.339 e. The van der Waals surface area contributed by atoms with Crippen molar-refractivity contribution in [3.8, 4) is 11.5 Å². The van der Waals surface area contributed by atoms with Gasteiger partial charge in [0.25, 0.3) is 0 Å². The minimum atomic E-state index is -1.03. The number of carboxylic acid groups (broad SMARTS) is 1. The molecule has 5 heteroatoms. The summed E-state index contributed by atoms with van der Waals surface area (Å²) >= 11 is 0. The fourth-order valence-electron chi connectivity index (χ4n) is 1.25. The van der Waals surface area contributed by atoms with Gasteiger partial charge in [0.05, 0.1) is 7.11 Å². The zero-order valence-electron chi connectivity index (χ0n) is 9.32. The van der Waals surface area contributed by atoms with Crippen molar-refractivity contribution in [1.82, 2.24) is 5.32 Å². The Morgan fingerprint density at radius 2 is 2.25 bits per heavy atom. The zero-order chi connectivity index (χ0) is 12.0. The van der Waals surface area contributed by atoms with Crippen molar-refractivity contribution in [3.63, 3.8) is 0 Å². The van der Waals surface area contributed by atoms with Crippen molar-refractivity contribution in [1.29, 1.82) is 0 Å². The van der Waals surface area contributed by atoms with E-state index in [2.05, 4.69) is 5.32 Å². The lowest BCUT2D eigenvalue weighted by Gasteiger charge is -2.12. The molecule has 0 atom stereocenters. The summed E-state index contributed by atoms with van der Waals surface area (Å²) in [5.74, 6) is -0.331. The molecule has 0 amide bonds. The molecule has 0 fully saturated rings. The van der Waals surface area contributed by atoms with Gasteiger partial charge >= 0.3 is 5.97 Å². The molecule has 1 rings (SSSR count). The summed E-state index contributed by atoms with van der Waals surface area (Å²) < 4.78 is 10.5. The Bertz CT molecular complexity index is 365. The summed E-state index contributed by atoms with van der Waals surface area (Å²) in [6.07, 6.45) is 0. The lowest BCUT2D eigenvalue weighted by molar-refractivity contribution is 0.0691. The number of hydrogen-bond acceptors (Lipinski definition) is 4. The quantitative estimate of drug-likeness (QED) is 0.707. The molecule has 5 nitrogen and oxygen atoms in total. The van der Waals surface area contributed by atoms with Crippen LogP contribution in [-0.2, 0) is 0 Å². The van der Waals surface area contributed by atoms with Gasteiger partial charge in [-0.3, -0.25) is 0 Å². The molecule has 1 aromatic carbocycles. The second kappa shape index (κ2) is 5.97. The minimum Gasteiger partial charge on any atom is -0.493 e. The van der Waals surface area contributed by atoms with E-state index < -0.39 is 5.97 Å². The predicted octanol–water partition coefficient (Wildman–Crippen LogP) is 0.992. The maximum atomic E-state index is 11.0. The Hall–Kier alpha value is -1.75. The number of rotatable bonds is 6. The van der Waals surface area contributed by atoms with Gasteiger partial charge in [-0.25, -0.2) is 4.79 Å². The second-order valence-electron chi connectivity index (χ2n) is 3.09. The van der Waals surface area contributed by atoms with Crippen LogP contribution in [0, 0.1) is 0 Å². The van der Waals surface area contributed by atoms with Crippen molar-refractivity contribution in [2.75, 3.05) is 27.3 Å². The van der Waals surface area contributed by atoms with Gasteiger partial charge < -0.3 is 19.9 Å². The lowest BCUT2D eigenvalue weighted by atomic mass is 10.2. The first-order valence-electron chi connectivity index (χ1n) is 4.88.